The van der Waals surface area contributed by atoms with Crippen LogP contribution in [-0.4, -0.2) is 17.1 Å². The summed E-state index contributed by atoms with van der Waals surface area (Å²) < 4.78 is 38.2. The van der Waals surface area contributed by atoms with E-state index in [1.807, 2.05) is 0 Å². The molecule has 0 amide bonds. The van der Waals surface area contributed by atoms with E-state index < -0.39 is 17.5 Å². The van der Waals surface area contributed by atoms with E-state index in [2.05, 4.69) is 0 Å². The second-order valence-corrected chi connectivity index (χ2v) is 4.16. The molecule has 0 saturated heterocycles. The van der Waals surface area contributed by atoms with Gasteiger partial charge in [0.25, 0.3) is 0 Å². The van der Waals surface area contributed by atoms with Crippen molar-refractivity contribution in [3.63, 3.8) is 0 Å². The number of alkyl halides is 3. The topological polar surface area (TPSA) is 37.3 Å². The summed E-state index contributed by atoms with van der Waals surface area (Å²) in [5.74, 6) is -1.15. The van der Waals surface area contributed by atoms with Gasteiger partial charge in [0.15, 0.2) is 5.78 Å². The Balaban J connectivity index is 2.49. The van der Waals surface area contributed by atoms with Crippen molar-refractivity contribution in [2.45, 2.75) is 31.9 Å². The standard InChI is InChI=1S/C11H11F3O2/c12-11(13,14)10-8-5-7(15)3-1-6(8)2-4-9(10)16/h5-6,16H,1-4H2. The molecule has 2 rings (SSSR count). The smallest absolute Gasteiger partial charge is 0.419 e. The van der Waals surface area contributed by atoms with Crippen LogP contribution < -0.4 is 0 Å². The maximum atomic E-state index is 12.7. The molecule has 0 aromatic rings. The lowest BCUT2D eigenvalue weighted by molar-refractivity contribution is -0.115. The van der Waals surface area contributed by atoms with Crippen LogP contribution in [0.5, 0.6) is 0 Å². The Labute approximate surface area is 90.5 Å². The van der Waals surface area contributed by atoms with E-state index in [0.717, 1.165) is 6.08 Å². The van der Waals surface area contributed by atoms with Gasteiger partial charge in [-0.3, -0.25) is 4.79 Å². The van der Waals surface area contributed by atoms with Crippen molar-refractivity contribution in [2.75, 3.05) is 0 Å². The van der Waals surface area contributed by atoms with Crippen molar-refractivity contribution in [2.24, 2.45) is 5.92 Å². The minimum absolute atomic E-state index is 0.0208. The van der Waals surface area contributed by atoms with Crippen LogP contribution in [0.3, 0.4) is 0 Å². The molecule has 0 aromatic carbocycles. The van der Waals surface area contributed by atoms with Gasteiger partial charge in [-0.25, -0.2) is 0 Å². The highest BCUT2D eigenvalue weighted by Gasteiger charge is 2.44. The molecule has 1 N–H and O–H groups in total. The molecule has 2 aliphatic carbocycles. The summed E-state index contributed by atoms with van der Waals surface area (Å²) in [6, 6.07) is 0. The minimum Gasteiger partial charge on any atom is -0.512 e. The molecule has 2 nitrogen and oxygen atoms in total. The Morgan fingerprint density at radius 1 is 1.25 bits per heavy atom. The van der Waals surface area contributed by atoms with Gasteiger partial charge in [-0.2, -0.15) is 13.2 Å². The van der Waals surface area contributed by atoms with E-state index in [1.165, 1.54) is 0 Å². The Hall–Kier alpha value is -1.26. The van der Waals surface area contributed by atoms with Crippen LogP contribution in [0.15, 0.2) is 23.0 Å². The molecule has 5 heteroatoms. The van der Waals surface area contributed by atoms with Crippen LogP contribution >= 0.6 is 0 Å². The molecule has 1 atom stereocenters. The van der Waals surface area contributed by atoms with Gasteiger partial charge in [-0.1, -0.05) is 0 Å². The van der Waals surface area contributed by atoms with Crippen LogP contribution in [0.25, 0.3) is 0 Å². The predicted molar refractivity (Wildman–Crippen MR) is 50.8 cm³/mol. The fourth-order valence-corrected chi connectivity index (χ4v) is 2.34. The number of allylic oxidation sites excluding steroid dienone is 4. The number of hydrogen-bond acceptors (Lipinski definition) is 2. The molecule has 0 aliphatic heterocycles. The van der Waals surface area contributed by atoms with Gasteiger partial charge in [-0.05, 0) is 30.4 Å². The monoisotopic (exact) mass is 232 g/mol. The summed E-state index contributed by atoms with van der Waals surface area (Å²) in [6.07, 6.45) is -2.23. The second kappa shape index (κ2) is 3.64. The number of aliphatic hydroxyl groups is 1. The minimum atomic E-state index is -4.58. The number of ketones is 1. The van der Waals surface area contributed by atoms with Gasteiger partial charge in [0.2, 0.25) is 0 Å². The molecule has 0 bridgehead atoms. The zero-order chi connectivity index (χ0) is 11.9. The van der Waals surface area contributed by atoms with Crippen LogP contribution in [0.4, 0.5) is 13.2 Å². The van der Waals surface area contributed by atoms with E-state index in [4.69, 9.17) is 0 Å². The largest absolute Gasteiger partial charge is 0.512 e. The first-order chi connectivity index (χ1) is 7.39. The van der Waals surface area contributed by atoms with Crippen molar-refractivity contribution in [3.05, 3.63) is 23.0 Å². The molecule has 0 saturated carbocycles. The number of carbonyl (C=O) groups is 1. The van der Waals surface area contributed by atoms with Crippen molar-refractivity contribution < 1.29 is 23.1 Å². The molecule has 0 heterocycles. The summed E-state index contributed by atoms with van der Waals surface area (Å²) in [4.78, 5) is 11.1. The van der Waals surface area contributed by atoms with E-state index in [1.54, 1.807) is 0 Å². The number of carbonyl (C=O) groups excluding carboxylic acids is 1. The Morgan fingerprint density at radius 2 is 1.88 bits per heavy atom. The van der Waals surface area contributed by atoms with Crippen molar-refractivity contribution in [1.82, 2.24) is 0 Å². The fraction of sp³-hybridized carbons (Fsp3) is 0.545. The highest BCUT2D eigenvalue weighted by Crippen LogP contribution is 2.45. The van der Waals surface area contributed by atoms with Gasteiger partial charge in [-0.15, -0.1) is 0 Å². The normalized spacial score (nSPS) is 26.6. The first-order valence-electron chi connectivity index (χ1n) is 5.13. The molecule has 2 aliphatic rings. The van der Waals surface area contributed by atoms with Crippen molar-refractivity contribution in [3.8, 4) is 0 Å². The zero-order valence-electron chi connectivity index (χ0n) is 8.47. The number of aliphatic hydroxyl groups excluding tert-OH is 1. The second-order valence-electron chi connectivity index (χ2n) is 4.16. The SMILES string of the molecule is O=C1C=C2C(C(F)(F)F)=C(O)CCC2CC1. The maximum Gasteiger partial charge on any atom is 0.419 e. The lowest BCUT2D eigenvalue weighted by Gasteiger charge is -2.31. The Kier molecular flexibility index (Phi) is 2.56. The van der Waals surface area contributed by atoms with E-state index in [0.29, 0.717) is 19.3 Å². The quantitative estimate of drug-likeness (QED) is 0.696. The summed E-state index contributed by atoms with van der Waals surface area (Å²) in [5.41, 5.74) is -1.01. The summed E-state index contributed by atoms with van der Waals surface area (Å²) in [7, 11) is 0. The van der Waals surface area contributed by atoms with Crippen LogP contribution in [0.2, 0.25) is 0 Å². The summed E-state index contributed by atoms with van der Waals surface area (Å²) in [5, 5.41) is 9.34. The number of hydrogen-bond donors (Lipinski definition) is 1. The molecule has 0 spiro atoms. The maximum absolute atomic E-state index is 12.7. The van der Waals surface area contributed by atoms with Crippen LogP contribution in [0.1, 0.15) is 25.7 Å². The lowest BCUT2D eigenvalue weighted by atomic mass is 9.76. The molecule has 0 aromatic heterocycles. The van der Waals surface area contributed by atoms with Crippen molar-refractivity contribution >= 4 is 5.78 Å². The van der Waals surface area contributed by atoms with Gasteiger partial charge in [0.1, 0.15) is 5.76 Å². The Morgan fingerprint density at radius 3 is 2.50 bits per heavy atom. The number of halogens is 3. The third-order valence-electron chi connectivity index (χ3n) is 3.09. The molecule has 0 radical (unpaired) electrons. The average Bonchev–Trinajstić information content (AvgIpc) is 2.14. The first-order valence-corrected chi connectivity index (χ1v) is 5.13. The molecular weight excluding hydrogens is 221 g/mol. The fourth-order valence-electron chi connectivity index (χ4n) is 2.34. The zero-order valence-corrected chi connectivity index (χ0v) is 8.47. The third-order valence-corrected chi connectivity index (χ3v) is 3.09. The van der Waals surface area contributed by atoms with Crippen molar-refractivity contribution in [1.29, 1.82) is 0 Å². The molecular formula is C11H11F3O2. The highest BCUT2D eigenvalue weighted by atomic mass is 19.4. The van der Waals surface area contributed by atoms with Gasteiger partial charge >= 0.3 is 6.18 Å². The summed E-state index contributed by atoms with van der Waals surface area (Å²) >= 11 is 0. The van der Waals surface area contributed by atoms with Crippen LogP contribution in [0, 0.1) is 5.92 Å². The third kappa shape index (κ3) is 1.86. The number of fused-ring (bicyclic) bond motifs is 1. The average molecular weight is 232 g/mol. The molecule has 0 fully saturated rings. The number of rotatable bonds is 0. The molecule has 16 heavy (non-hydrogen) atoms. The Bertz CT molecular complexity index is 391. The molecule has 1 unspecified atom stereocenters. The van der Waals surface area contributed by atoms with E-state index >= 15 is 0 Å². The van der Waals surface area contributed by atoms with Gasteiger partial charge in [0.05, 0.1) is 5.57 Å². The van der Waals surface area contributed by atoms with Gasteiger partial charge < -0.3 is 5.11 Å². The predicted octanol–water partition coefficient (Wildman–Crippen LogP) is 3.06. The van der Waals surface area contributed by atoms with Crippen LogP contribution in [-0.2, 0) is 4.79 Å². The van der Waals surface area contributed by atoms with E-state index in [9.17, 15) is 23.1 Å². The molecule has 88 valence electrons. The van der Waals surface area contributed by atoms with E-state index in [-0.39, 0.29) is 23.7 Å². The summed E-state index contributed by atoms with van der Waals surface area (Å²) in [6.45, 7) is 0. The van der Waals surface area contributed by atoms with Gasteiger partial charge in [0, 0.05) is 12.8 Å². The lowest BCUT2D eigenvalue weighted by Crippen LogP contribution is -2.27. The first kappa shape index (κ1) is 11.2. The highest BCUT2D eigenvalue weighted by molar-refractivity contribution is 5.92.